The van der Waals surface area contributed by atoms with E-state index in [2.05, 4.69) is 0 Å². The molecule has 0 unspecified atom stereocenters. The van der Waals surface area contributed by atoms with Gasteiger partial charge in [0.05, 0.1) is 4.90 Å². The van der Waals surface area contributed by atoms with Crippen LogP contribution in [0, 0.1) is 5.82 Å². The molecule has 26 heavy (non-hydrogen) atoms. The van der Waals surface area contributed by atoms with Crippen LogP contribution in [0.3, 0.4) is 0 Å². The van der Waals surface area contributed by atoms with Crippen LogP contribution < -0.4 is 0 Å². The lowest BCUT2D eigenvalue weighted by atomic mass is 10.1. The minimum absolute atomic E-state index is 0.0318. The largest absolute Gasteiger partial charge is 0.501 e. The maximum atomic E-state index is 13.2. The molecule has 0 aliphatic rings. The van der Waals surface area contributed by atoms with Gasteiger partial charge in [0.15, 0.2) is 0 Å². The molecule has 1 amide bonds. The summed E-state index contributed by atoms with van der Waals surface area (Å²) in [5.41, 5.74) is -4.83. The van der Waals surface area contributed by atoms with Crippen LogP contribution in [0.25, 0.3) is 0 Å². The zero-order chi connectivity index (χ0) is 19.5. The second kappa shape index (κ2) is 7.45. The van der Waals surface area contributed by atoms with E-state index in [1.165, 1.54) is 23.1 Å². The summed E-state index contributed by atoms with van der Waals surface area (Å²) >= 11 is 0. The van der Waals surface area contributed by atoms with Gasteiger partial charge in [0.25, 0.3) is 15.7 Å². The summed E-state index contributed by atoms with van der Waals surface area (Å²) in [6.07, 6.45) is 0. The van der Waals surface area contributed by atoms with Crippen molar-refractivity contribution in [1.82, 2.24) is 4.90 Å². The van der Waals surface area contributed by atoms with Crippen molar-refractivity contribution in [1.29, 1.82) is 0 Å². The van der Waals surface area contributed by atoms with E-state index in [9.17, 15) is 30.8 Å². The van der Waals surface area contributed by atoms with Crippen LogP contribution in [0.5, 0.6) is 0 Å². The number of alkyl halides is 3. The number of rotatable bonds is 5. The molecule has 0 radical (unpaired) electrons. The SMILES string of the molecule is CCN(Cc1cccc(F)c1)C(=O)c1ccc(S(=O)(=O)C(F)(F)F)cc1. The van der Waals surface area contributed by atoms with Crippen LogP contribution in [0.4, 0.5) is 17.6 Å². The Labute approximate surface area is 148 Å². The highest BCUT2D eigenvalue weighted by molar-refractivity contribution is 7.92. The Morgan fingerprint density at radius 1 is 1.08 bits per heavy atom. The molecule has 0 saturated carbocycles. The van der Waals surface area contributed by atoms with E-state index < -0.39 is 32.0 Å². The first-order valence-electron chi connectivity index (χ1n) is 7.51. The van der Waals surface area contributed by atoms with Crippen LogP contribution in [-0.2, 0) is 16.4 Å². The smallest absolute Gasteiger partial charge is 0.335 e. The molecular formula is C17H15F4NO3S. The molecule has 0 aromatic heterocycles. The van der Waals surface area contributed by atoms with Crippen molar-refractivity contribution < 1.29 is 30.8 Å². The fourth-order valence-corrected chi connectivity index (χ4v) is 3.04. The minimum atomic E-state index is -5.46. The Hall–Kier alpha value is -2.42. The van der Waals surface area contributed by atoms with Crippen molar-refractivity contribution in [2.75, 3.05) is 6.54 Å². The van der Waals surface area contributed by atoms with Gasteiger partial charge < -0.3 is 4.90 Å². The average molecular weight is 389 g/mol. The van der Waals surface area contributed by atoms with Crippen LogP contribution in [-0.4, -0.2) is 31.3 Å². The normalized spacial score (nSPS) is 12.0. The lowest BCUT2D eigenvalue weighted by Gasteiger charge is -2.21. The van der Waals surface area contributed by atoms with Crippen molar-refractivity contribution in [3.05, 3.63) is 65.5 Å². The Bertz CT molecular complexity index is 893. The van der Waals surface area contributed by atoms with Crippen molar-refractivity contribution >= 4 is 15.7 Å². The first kappa shape index (κ1) is 19.9. The highest BCUT2D eigenvalue weighted by Crippen LogP contribution is 2.30. The van der Waals surface area contributed by atoms with Gasteiger partial charge in [-0.2, -0.15) is 13.2 Å². The molecular weight excluding hydrogens is 374 g/mol. The third kappa shape index (κ3) is 4.21. The molecule has 2 aromatic rings. The fraction of sp³-hybridized carbons (Fsp3) is 0.235. The van der Waals surface area contributed by atoms with Crippen LogP contribution in [0.15, 0.2) is 53.4 Å². The molecule has 4 nitrogen and oxygen atoms in total. The molecule has 2 aromatic carbocycles. The number of carbonyl (C=O) groups excluding carboxylic acids is 1. The molecule has 0 fully saturated rings. The molecule has 0 heterocycles. The van der Waals surface area contributed by atoms with Crippen LogP contribution in [0.1, 0.15) is 22.8 Å². The average Bonchev–Trinajstić information content (AvgIpc) is 2.58. The molecule has 0 N–H and O–H groups in total. The predicted octanol–water partition coefficient (Wildman–Crippen LogP) is 3.78. The first-order chi connectivity index (χ1) is 12.1. The maximum absolute atomic E-state index is 13.2. The van der Waals surface area contributed by atoms with E-state index in [4.69, 9.17) is 0 Å². The summed E-state index contributed by atoms with van der Waals surface area (Å²) in [6, 6.07) is 9.21. The molecule has 0 saturated heterocycles. The van der Waals surface area contributed by atoms with Gasteiger partial charge in [-0.1, -0.05) is 12.1 Å². The van der Waals surface area contributed by atoms with Gasteiger partial charge in [0.1, 0.15) is 5.82 Å². The summed E-state index contributed by atoms with van der Waals surface area (Å²) < 4.78 is 73.6. The van der Waals surface area contributed by atoms with Crippen LogP contribution in [0.2, 0.25) is 0 Å². The molecule has 0 aliphatic carbocycles. The van der Waals surface area contributed by atoms with Gasteiger partial charge in [-0.3, -0.25) is 4.79 Å². The van der Waals surface area contributed by atoms with Gasteiger partial charge in [0, 0.05) is 18.7 Å². The lowest BCUT2D eigenvalue weighted by Crippen LogP contribution is -2.30. The van der Waals surface area contributed by atoms with E-state index in [-0.39, 0.29) is 18.7 Å². The fourth-order valence-electron chi connectivity index (χ4n) is 2.28. The number of carbonyl (C=O) groups is 1. The Kier molecular flexibility index (Phi) is 5.70. The number of benzene rings is 2. The second-order valence-corrected chi connectivity index (χ2v) is 7.36. The van der Waals surface area contributed by atoms with Gasteiger partial charge in [-0.15, -0.1) is 0 Å². The zero-order valence-corrected chi connectivity index (χ0v) is 14.4. The number of hydrogen-bond acceptors (Lipinski definition) is 3. The molecule has 0 atom stereocenters. The third-order valence-electron chi connectivity index (χ3n) is 3.65. The molecule has 0 aliphatic heterocycles. The van der Waals surface area contributed by atoms with E-state index in [0.29, 0.717) is 5.56 Å². The van der Waals surface area contributed by atoms with E-state index >= 15 is 0 Å². The van der Waals surface area contributed by atoms with E-state index in [1.54, 1.807) is 13.0 Å². The summed E-state index contributed by atoms with van der Waals surface area (Å²) in [7, 11) is -5.46. The summed E-state index contributed by atoms with van der Waals surface area (Å²) in [6.45, 7) is 2.08. The van der Waals surface area contributed by atoms with Crippen molar-refractivity contribution in [3.8, 4) is 0 Å². The standard InChI is InChI=1S/C17H15F4NO3S/c1-2-22(11-12-4-3-5-14(18)10-12)16(23)13-6-8-15(9-7-13)26(24,25)17(19,20)21/h3-10H,2,11H2,1H3. The molecule has 0 bridgehead atoms. The predicted molar refractivity (Wildman–Crippen MR) is 86.5 cm³/mol. The Morgan fingerprint density at radius 3 is 2.19 bits per heavy atom. The number of sulfone groups is 1. The highest BCUT2D eigenvalue weighted by atomic mass is 32.2. The Morgan fingerprint density at radius 2 is 1.69 bits per heavy atom. The lowest BCUT2D eigenvalue weighted by molar-refractivity contribution is -0.0436. The second-order valence-electron chi connectivity index (χ2n) is 5.42. The monoisotopic (exact) mass is 389 g/mol. The topological polar surface area (TPSA) is 54.5 Å². The van der Waals surface area contributed by atoms with Crippen molar-refractivity contribution in [2.24, 2.45) is 0 Å². The molecule has 140 valence electrons. The van der Waals surface area contributed by atoms with Gasteiger partial charge in [-0.25, -0.2) is 12.8 Å². The van der Waals surface area contributed by atoms with Crippen molar-refractivity contribution in [3.63, 3.8) is 0 Å². The third-order valence-corrected chi connectivity index (χ3v) is 5.15. The number of halogens is 4. The highest BCUT2D eigenvalue weighted by Gasteiger charge is 2.46. The van der Waals surface area contributed by atoms with Crippen molar-refractivity contribution in [2.45, 2.75) is 23.9 Å². The summed E-state index contributed by atoms with van der Waals surface area (Å²) in [4.78, 5) is 12.9. The quantitative estimate of drug-likeness (QED) is 0.732. The minimum Gasteiger partial charge on any atom is -0.335 e. The van der Waals surface area contributed by atoms with E-state index in [1.807, 2.05) is 0 Å². The molecule has 9 heteroatoms. The number of hydrogen-bond donors (Lipinski definition) is 0. The number of amides is 1. The molecule has 2 rings (SSSR count). The Balaban J connectivity index is 2.23. The maximum Gasteiger partial charge on any atom is 0.501 e. The number of nitrogens with zero attached hydrogens (tertiary/aromatic N) is 1. The molecule has 0 spiro atoms. The summed E-state index contributed by atoms with van der Waals surface area (Å²) in [5, 5.41) is 0. The van der Waals surface area contributed by atoms with Crippen LogP contribution >= 0.6 is 0 Å². The van der Waals surface area contributed by atoms with Gasteiger partial charge in [-0.05, 0) is 48.9 Å². The van der Waals surface area contributed by atoms with Gasteiger partial charge in [0.2, 0.25) is 0 Å². The first-order valence-corrected chi connectivity index (χ1v) is 8.99. The zero-order valence-electron chi connectivity index (χ0n) is 13.6. The summed E-state index contributed by atoms with van der Waals surface area (Å²) in [5.74, 6) is -0.958. The van der Waals surface area contributed by atoms with Gasteiger partial charge >= 0.3 is 5.51 Å². The van der Waals surface area contributed by atoms with E-state index in [0.717, 1.165) is 24.3 Å².